The van der Waals surface area contributed by atoms with E-state index in [1.807, 2.05) is 6.92 Å². The summed E-state index contributed by atoms with van der Waals surface area (Å²) in [5, 5.41) is 10.4. The lowest BCUT2D eigenvalue weighted by atomic mass is 9.87. The first kappa shape index (κ1) is 30.2. The first-order valence-electron chi connectivity index (χ1n) is 14.1. The lowest BCUT2D eigenvalue weighted by Gasteiger charge is -2.25. The van der Waals surface area contributed by atoms with E-state index in [0.717, 1.165) is 61.7 Å². The van der Waals surface area contributed by atoms with Crippen LogP contribution in [0.1, 0.15) is 113 Å². The Morgan fingerprint density at radius 2 is 1.59 bits per heavy atom. The van der Waals surface area contributed by atoms with Gasteiger partial charge in [0.05, 0.1) is 0 Å². The highest BCUT2D eigenvalue weighted by Gasteiger charge is 2.23. The fourth-order valence-electron chi connectivity index (χ4n) is 4.79. The Kier molecular flexibility index (Phi) is 12.5. The van der Waals surface area contributed by atoms with Crippen molar-refractivity contribution in [2.75, 3.05) is 0 Å². The second-order valence-corrected chi connectivity index (χ2v) is 10.1. The maximum atomic E-state index is 9.76. The molecule has 0 aliphatic carbocycles. The van der Waals surface area contributed by atoms with E-state index in [9.17, 15) is 4.79 Å². The summed E-state index contributed by atoms with van der Waals surface area (Å²) in [6, 6.07) is 6.83. The Bertz CT molecular complexity index is 1210. The van der Waals surface area contributed by atoms with Crippen molar-refractivity contribution in [1.82, 2.24) is 0 Å². The molecule has 200 valence electrons. The van der Waals surface area contributed by atoms with E-state index in [-0.39, 0.29) is 0 Å². The van der Waals surface area contributed by atoms with Crippen LogP contribution in [0.2, 0.25) is 0 Å². The molecule has 0 saturated carbocycles. The molecule has 2 aromatic rings. The van der Waals surface area contributed by atoms with Crippen LogP contribution in [0, 0.1) is 19.3 Å². The van der Waals surface area contributed by atoms with Gasteiger partial charge in [-0.3, -0.25) is 4.79 Å². The van der Waals surface area contributed by atoms with Crippen LogP contribution in [0.3, 0.4) is 0 Å². The Labute approximate surface area is 224 Å². The van der Waals surface area contributed by atoms with Crippen molar-refractivity contribution in [3.63, 3.8) is 0 Å². The second-order valence-electron chi connectivity index (χ2n) is 10.1. The standard InChI is InChI=1S/C29H36O.C5H10O2/c1-7-10-13-16-25-21(5)24(15-12-9-3)19-27-22(6)26-18-23(14-11-8-2)20(4)17-28(26)30-29(25)27;1-2-3-4-5(6)7/h1,17-19H,4,8-16H2,2-3,5-6H3;2-4H2,1H3,(H,6,7). The van der Waals surface area contributed by atoms with Crippen LogP contribution >= 0.6 is 0 Å². The van der Waals surface area contributed by atoms with Gasteiger partial charge in [0.2, 0.25) is 0 Å². The maximum absolute atomic E-state index is 9.76. The highest BCUT2D eigenvalue weighted by Crippen LogP contribution is 2.40. The third-order valence-electron chi connectivity index (χ3n) is 7.18. The summed E-state index contributed by atoms with van der Waals surface area (Å²) in [5.41, 5.74) is 8.09. The number of aliphatic carboxylic acids is 1. The van der Waals surface area contributed by atoms with Crippen LogP contribution in [0.15, 0.2) is 18.2 Å². The number of hydrogen-bond donors (Lipinski definition) is 1. The molecular formula is C34H46O3. The number of carboxylic acids is 1. The summed E-state index contributed by atoms with van der Waals surface area (Å²) in [4.78, 5) is 9.76. The molecule has 0 bridgehead atoms. The van der Waals surface area contributed by atoms with Crippen LogP contribution in [-0.2, 0) is 24.1 Å². The Morgan fingerprint density at radius 3 is 2.16 bits per heavy atom. The molecule has 0 atom stereocenters. The monoisotopic (exact) mass is 502 g/mol. The van der Waals surface area contributed by atoms with E-state index in [1.54, 1.807) is 0 Å². The van der Waals surface area contributed by atoms with E-state index in [2.05, 4.69) is 58.4 Å². The van der Waals surface area contributed by atoms with Gasteiger partial charge in [-0.2, -0.15) is 0 Å². The third-order valence-corrected chi connectivity index (χ3v) is 7.18. The number of hydrogen-bond acceptors (Lipinski definition) is 2. The van der Waals surface area contributed by atoms with E-state index in [0.29, 0.717) is 6.42 Å². The number of unbranched alkanes of at least 4 members (excludes halogenated alkanes) is 4. The minimum atomic E-state index is -0.693. The quantitative estimate of drug-likeness (QED) is 0.240. The second kappa shape index (κ2) is 15.3. The average Bonchev–Trinajstić information content (AvgIpc) is 2.87. The molecule has 37 heavy (non-hydrogen) atoms. The summed E-state index contributed by atoms with van der Waals surface area (Å²) < 4.78 is 6.58. The van der Waals surface area contributed by atoms with Gasteiger partial charge in [0.25, 0.3) is 0 Å². The van der Waals surface area contributed by atoms with Crippen LogP contribution in [-0.4, -0.2) is 11.1 Å². The number of fused-ring (bicyclic) bond motifs is 2. The first-order valence-corrected chi connectivity index (χ1v) is 14.1. The number of rotatable bonds is 12. The van der Waals surface area contributed by atoms with Crippen LogP contribution in [0.25, 0.3) is 12.2 Å². The van der Waals surface area contributed by atoms with E-state index in [1.165, 1.54) is 64.3 Å². The molecule has 1 N–H and O–H groups in total. The van der Waals surface area contributed by atoms with Gasteiger partial charge in [0.15, 0.2) is 0 Å². The van der Waals surface area contributed by atoms with Crippen molar-refractivity contribution in [2.24, 2.45) is 0 Å². The molecule has 2 aromatic carbocycles. The zero-order valence-corrected chi connectivity index (χ0v) is 23.8. The highest BCUT2D eigenvalue weighted by molar-refractivity contribution is 5.76. The van der Waals surface area contributed by atoms with Gasteiger partial charge < -0.3 is 9.84 Å². The summed E-state index contributed by atoms with van der Waals surface area (Å²) in [7, 11) is 0. The largest absolute Gasteiger partial charge is 0.481 e. The van der Waals surface area contributed by atoms with Gasteiger partial charge in [-0.15, -0.1) is 12.3 Å². The molecular weight excluding hydrogens is 456 g/mol. The van der Waals surface area contributed by atoms with Crippen molar-refractivity contribution in [3.8, 4) is 23.8 Å². The van der Waals surface area contributed by atoms with Crippen LogP contribution < -0.4 is 15.2 Å². The maximum Gasteiger partial charge on any atom is 0.303 e. The minimum Gasteiger partial charge on any atom is -0.481 e. The first-order chi connectivity index (χ1) is 17.8. The molecule has 0 amide bonds. The van der Waals surface area contributed by atoms with Crippen LogP contribution in [0.5, 0.6) is 11.5 Å². The van der Waals surface area contributed by atoms with Crippen molar-refractivity contribution >= 4 is 18.1 Å². The zero-order valence-electron chi connectivity index (χ0n) is 23.8. The molecule has 1 aliphatic rings. The number of aryl methyl sites for hydroxylation is 2. The molecule has 3 nitrogen and oxygen atoms in total. The molecule has 0 spiro atoms. The summed E-state index contributed by atoms with van der Waals surface area (Å²) in [6.45, 7) is 15.3. The van der Waals surface area contributed by atoms with Gasteiger partial charge in [-0.05, 0) is 110 Å². The highest BCUT2D eigenvalue weighted by atomic mass is 16.5. The van der Waals surface area contributed by atoms with Gasteiger partial charge in [0.1, 0.15) is 11.5 Å². The molecule has 1 heterocycles. The van der Waals surface area contributed by atoms with Crippen LogP contribution in [0.4, 0.5) is 0 Å². The van der Waals surface area contributed by atoms with E-state index < -0.39 is 5.97 Å². The average molecular weight is 503 g/mol. The molecule has 0 aromatic heterocycles. The lowest BCUT2D eigenvalue weighted by Crippen LogP contribution is -2.22. The summed E-state index contributed by atoms with van der Waals surface area (Å²) in [6.07, 6.45) is 17.4. The Hall–Kier alpha value is -2.99. The molecule has 1 aliphatic heterocycles. The molecule has 0 fully saturated rings. The molecule has 0 radical (unpaired) electrons. The predicted octanol–water partition coefficient (Wildman–Crippen LogP) is 7.63. The zero-order chi connectivity index (χ0) is 27.4. The lowest BCUT2D eigenvalue weighted by molar-refractivity contribution is -0.137. The van der Waals surface area contributed by atoms with Crippen molar-refractivity contribution < 1.29 is 14.6 Å². The SMILES string of the molecule is C#CCCCc1c(C)c(CCCC)cc2c1Oc1cc(=C)c(CCCC)cc1=C2C.CCCCC(=O)O. The van der Waals surface area contributed by atoms with Gasteiger partial charge in [-0.25, -0.2) is 0 Å². The molecule has 0 unspecified atom stereocenters. The van der Waals surface area contributed by atoms with Gasteiger partial charge >= 0.3 is 5.97 Å². The smallest absolute Gasteiger partial charge is 0.303 e. The molecule has 3 heteroatoms. The van der Waals surface area contributed by atoms with Gasteiger partial charge in [-0.1, -0.05) is 46.6 Å². The minimum absolute atomic E-state index is 0.316. The number of carboxylic acid groups (broad SMARTS) is 1. The van der Waals surface area contributed by atoms with Crippen molar-refractivity contribution in [3.05, 3.63) is 56.5 Å². The third kappa shape index (κ3) is 8.26. The Morgan fingerprint density at radius 1 is 0.946 bits per heavy atom. The van der Waals surface area contributed by atoms with E-state index in [4.69, 9.17) is 16.3 Å². The van der Waals surface area contributed by atoms with E-state index >= 15 is 0 Å². The Balaban J connectivity index is 0.000000604. The summed E-state index contributed by atoms with van der Waals surface area (Å²) >= 11 is 0. The number of benzene rings is 2. The number of ether oxygens (including phenoxy) is 1. The topological polar surface area (TPSA) is 46.5 Å². The van der Waals surface area contributed by atoms with Gasteiger partial charge in [0, 0.05) is 23.6 Å². The number of carbonyl (C=O) groups is 1. The fraction of sp³-hybridized carbons (Fsp3) is 0.500. The van der Waals surface area contributed by atoms with Crippen molar-refractivity contribution in [1.29, 1.82) is 0 Å². The normalized spacial score (nSPS) is 11.5. The molecule has 0 saturated heterocycles. The molecule has 3 rings (SSSR count). The number of terminal acetylenes is 1. The summed E-state index contributed by atoms with van der Waals surface area (Å²) in [5.74, 6) is 4.08. The van der Waals surface area contributed by atoms with Crippen molar-refractivity contribution in [2.45, 2.75) is 112 Å². The fourth-order valence-corrected chi connectivity index (χ4v) is 4.79. The predicted molar refractivity (Wildman–Crippen MR) is 157 cm³/mol.